The van der Waals surface area contributed by atoms with E-state index < -0.39 is 0 Å². The lowest BCUT2D eigenvalue weighted by Crippen LogP contribution is -2.50. The van der Waals surface area contributed by atoms with Crippen LogP contribution in [0, 0.1) is 11.8 Å². The Labute approximate surface area is 119 Å². The van der Waals surface area contributed by atoms with Crippen LogP contribution >= 0.6 is 0 Å². The van der Waals surface area contributed by atoms with Crippen LogP contribution in [0.4, 0.5) is 0 Å². The van der Waals surface area contributed by atoms with Gasteiger partial charge in [-0.2, -0.15) is 0 Å². The minimum Gasteiger partial charge on any atom is -0.317 e. The molecular weight excluding hydrogens is 234 g/mol. The zero-order valence-corrected chi connectivity index (χ0v) is 13.4. The molecule has 0 bridgehead atoms. The Kier molecular flexibility index (Phi) is 5.67. The first kappa shape index (κ1) is 15.3. The van der Waals surface area contributed by atoms with Crippen LogP contribution in [-0.2, 0) is 0 Å². The van der Waals surface area contributed by atoms with Crippen molar-refractivity contribution in [1.29, 1.82) is 0 Å². The third-order valence-electron chi connectivity index (χ3n) is 5.32. The molecule has 0 radical (unpaired) electrons. The smallest absolute Gasteiger partial charge is 0.0217 e. The van der Waals surface area contributed by atoms with Crippen LogP contribution in [0.15, 0.2) is 0 Å². The van der Waals surface area contributed by atoms with Gasteiger partial charge in [0, 0.05) is 25.2 Å². The molecule has 1 aliphatic heterocycles. The largest absolute Gasteiger partial charge is 0.317 e. The fraction of sp³-hybridized carbons (Fsp3) is 1.00. The van der Waals surface area contributed by atoms with Gasteiger partial charge in [-0.25, -0.2) is 0 Å². The molecule has 0 aromatic heterocycles. The van der Waals surface area contributed by atoms with Gasteiger partial charge in [0.05, 0.1) is 0 Å². The van der Waals surface area contributed by atoms with Crippen LogP contribution in [0.2, 0.25) is 0 Å². The molecular formula is C16H33N3. The summed E-state index contributed by atoms with van der Waals surface area (Å²) in [6, 6.07) is 1.51. The Bertz CT molecular complexity index is 267. The van der Waals surface area contributed by atoms with Gasteiger partial charge in [0.25, 0.3) is 0 Å². The van der Waals surface area contributed by atoms with E-state index in [4.69, 9.17) is 0 Å². The second-order valence-corrected chi connectivity index (χ2v) is 7.09. The van der Waals surface area contributed by atoms with Crippen molar-refractivity contribution in [3.05, 3.63) is 0 Å². The summed E-state index contributed by atoms with van der Waals surface area (Å²) >= 11 is 0. The van der Waals surface area contributed by atoms with Crippen molar-refractivity contribution in [2.24, 2.45) is 11.8 Å². The number of hydrogen-bond acceptors (Lipinski definition) is 3. The first-order valence-electron chi connectivity index (χ1n) is 8.16. The van der Waals surface area contributed by atoms with Crippen LogP contribution in [0.1, 0.15) is 39.0 Å². The highest BCUT2D eigenvalue weighted by Gasteiger charge is 2.30. The van der Waals surface area contributed by atoms with E-state index in [9.17, 15) is 0 Å². The highest BCUT2D eigenvalue weighted by molar-refractivity contribution is 4.87. The predicted molar refractivity (Wildman–Crippen MR) is 82.5 cm³/mol. The molecule has 1 aliphatic carbocycles. The molecule has 2 aliphatic rings. The van der Waals surface area contributed by atoms with Gasteiger partial charge in [-0.15, -0.1) is 0 Å². The van der Waals surface area contributed by atoms with E-state index in [1.807, 2.05) is 0 Å². The average Bonchev–Trinajstić information content (AvgIpc) is 2.39. The van der Waals surface area contributed by atoms with Gasteiger partial charge in [0.15, 0.2) is 0 Å². The number of piperidine rings is 1. The van der Waals surface area contributed by atoms with Gasteiger partial charge in [-0.05, 0) is 71.6 Å². The van der Waals surface area contributed by atoms with Crippen molar-refractivity contribution in [3.63, 3.8) is 0 Å². The summed E-state index contributed by atoms with van der Waals surface area (Å²) in [6.45, 7) is 6.32. The first-order chi connectivity index (χ1) is 9.10. The summed E-state index contributed by atoms with van der Waals surface area (Å²) in [5.41, 5.74) is 0. The van der Waals surface area contributed by atoms with Crippen LogP contribution in [0.5, 0.6) is 0 Å². The minimum absolute atomic E-state index is 0.746. The van der Waals surface area contributed by atoms with Gasteiger partial charge in [-0.3, -0.25) is 0 Å². The molecule has 0 amide bonds. The van der Waals surface area contributed by atoms with Gasteiger partial charge >= 0.3 is 0 Å². The molecule has 0 spiro atoms. The maximum Gasteiger partial charge on any atom is 0.0217 e. The topological polar surface area (TPSA) is 18.5 Å². The second kappa shape index (κ2) is 7.05. The molecule has 0 aromatic rings. The van der Waals surface area contributed by atoms with Crippen LogP contribution < -0.4 is 5.32 Å². The van der Waals surface area contributed by atoms with Gasteiger partial charge in [0.1, 0.15) is 0 Å². The Hall–Kier alpha value is -0.120. The highest BCUT2D eigenvalue weighted by Crippen LogP contribution is 2.30. The van der Waals surface area contributed by atoms with E-state index in [2.05, 4.69) is 43.2 Å². The average molecular weight is 267 g/mol. The van der Waals surface area contributed by atoms with Gasteiger partial charge in [0.2, 0.25) is 0 Å². The maximum absolute atomic E-state index is 3.56. The van der Waals surface area contributed by atoms with Crippen LogP contribution in [-0.4, -0.2) is 62.7 Å². The van der Waals surface area contributed by atoms with Crippen molar-refractivity contribution in [1.82, 2.24) is 15.1 Å². The zero-order valence-electron chi connectivity index (χ0n) is 13.4. The standard InChI is InChI=1S/C16H33N3/c1-13-7-8-16(17-2)14(10-13)11-19-9-5-6-15(12-19)18(3)4/h13-17H,5-12H2,1-4H3. The summed E-state index contributed by atoms with van der Waals surface area (Å²) in [4.78, 5) is 5.13. The fourth-order valence-electron chi connectivity index (χ4n) is 4.03. The lowest BCUT2D eigenvalue weighted by Gasteiger charge is -2.41. The van der Waals surface area contributed by atoms with Crippen molar-refractivity contribution in [3.8, 4) is 0 Å². The Morgan fingerprint density at radius 2 is 2.00 bits per heavy atom. The third-order valence-corrected chi connectivity index (χ3v) is 5.32. The Morgan fingerprint density at radius 3 is 2.68 bits per heavy atom. The Morgan fingerprint density at radius 1 is 1.21 bits per heavy atom. The highest BCUT2D eigenvalue weighted by atomic mass is 15.2. The number of rotatable bonds is 4. The van der Waals surface area contributed by atoms with Crippen molar-refractivity contribution >= 4 is 0 Å². The number of nitrogens with zero attached hydrogens (tertiary/aromatic N) is 2. The molecule has 1 saturated heterocycles. The van der Waals surface area contributed by atoms with Gasteiger partial charge in [-0.1, -0.05) is 6.92 Å². The number of likely N-dealkylation sites (N-methyl/N-ethyl adjacent to an activating group) is 1. The van der Waals surface area contributed by atoms with Crippen molar-refractivity contribution < 1.29 is 0 Å². The number of likely N-dealkylation sites (tertiary alicyclic amines) is 1. The summed E-state index contributed by atoms with van der Waals surface area (Å²) < 4.78 is 0. The zero-order chi connectivity index (χ0) is 13.8. The second-order valence-electron chi connectivity index (χ2n) is 7.09. The van der Waals surface area contributed by atoms with Crippen LogP contribution in [0.25, 0.3) is 0 Å². The molecule has 1 N–H and O–H groups in total. The van der Waals surface area contributed by atoms with E-state index >= 15 is 0 Å². The summed E-state index contributed by atoms with van der Waals surface area (Å²) in [5.74, 6) is 1.78. The third kappa shape index (κ3) is 4.17. The maximum atomic E-state index is 3.56. The SMILES string of the molecule is CNC1CCC(C)CC1CN1CCCC(N(C)C)C1. The lowest BCUT2D eigenvalue weighted by molar-refractivity contribution is 0.0921. The fourth-order valence-corrected chi connectivity index (χ4v) is 4.03. The molecule has 3 heteroatoms. The molecule has 4 atom stereocenters. The molecule has 112 valence electrons. The molecule has 1 heterocycles. The minimum atomic E-state index is 0.746. The molecule has 2 fully saturated rings. The number of nitrogens with one attached hydrogen (secondary N) is 1. The first-order valence-corrected chi connectivity index (χ1v) is 8.16. The summed E-state index contributed by atoms with van der Waals surface area (Å²) in [6.07, 6.45) is 6.93. The van der Waals surface area contributed by atoms with E-state index in [0.29, 0.717) is 0 Å². The van der Waals surface area contributed by atoms with Crippen LogP contribution in [0.3, 0.4) is 0 Å². The normalized spacial score (nSPS) is 37.7. The molecule has 0 aromatic carbocycles. The predicted octanol–water partition coefficient (Wildman–Crippen LogP) is 2.04. The van der Waals surface area contributed by atoms with E-state index in [-0.39, 0.29) is 0 Å². The van der Waals surface area contributed by atoms with E-state index in [1.54, 1.807) is 0 Å². The van der Waals surface area contributed by atoms with E-state index in [0.717, 1.165) is 23.9 Å². The molecule has 4 unspecified atom stereocenters. The summed E-state index contributed by atoms with van der Waals surface area (Å²) in [7, 11) is 6.60. The number of hydrogen-bond donors (Lipinski definition) is 1. The molecule has 3 nitrogen and oxygen atoms in total. The van der Waals surface area contributed by atoms with E-state index in [1.165, 1.54) is 51.7 Å². The lowest BCUT2D eigenvalue weighted by atomic mass is 9.78. The Balaban J connectivity index is 1.87. The van der Waals surface area contributed by atoms with Crippen molar-refractivity contribution in [2.45, 2.75) is 51.1 Å². The molecule has 19 heavy (non-hydrogen) atoms. The quantitative estimate of drug-likeness (QED) is 0.841. The van der Waals surface area contributed by atoms with Gasteiger partial charge < -0.3 is 15.1 Å². The molecule has 2 rings (SSSR count). The van der Waals surface area contributed by atoms with Crippen molar-refractivity contribution in [2.75, 3.05) is 40.8 Å². The summed E-state index contributed by atoms with van der Waals surface area (Å²) in [5, 5.41) is 3.56. The monoisotopic (exact) mass is 267 g/mol. The molecule has 1 saturated carbocycles.